The van der Waals surface area contributed by atoms with Gasteiger partial charge in [-0.25, -0.2) is 0 Å². The van der Waals surface area contributed by atoms with Gasteiger partial charge in [0.25, 0.3) is 0 Å². The standard InChI is InChI=1S/Ca.Co.K.Mn.O/q2*+2;+1;+2;-2. The van der Waals surface area contributed by atoms with Crippen LogP contribution in [-0.4, -0.2) is 37.7 Å². The van der Waals surface area contributed by atoms with E-state index in [0.29, 0.717) is 0 Å². The summed E-state index contributed by atoms with van der Waals surface area (Å²) in [7, 11) is 0. The first-order valence-electron chi connectivity index (χ1n) is 0. The van der Waals surface area contributed by atoms with Gasteiger partial charge in [0.1, 0.15) is 0 Å². The van der Waals surface area contributed by atoms with Crippen LogP contribution in [0, 0.1) is 0 Å². The summed E-state index contributed by atoms with van der Waals surface area (Å²) in [6.45, 7) is 0. The first-order chi connectivity index (χ1) is 0. The predicted molar refractivity (Wildman–Crippen MR) is 6.44 cm³/mol. The SMILES string of the molecule is [Ca+2].[Co+2].[K+].[Mn+2].[O-2]. The summed E-state index contributed by atoms with van der Waals surface area (Å²) in [6, 6.07) is 0. The van der Waals surface area contributed by atoms with Gasteiger partial charge in [-0.1, -0.05) is 0 Å². The Kier molecular flexibility index (Phi) is 181. The Bertz CT molecular complexity index is 11.6. The van der Waals surface area contributed by atoms with Gasteiger partial charge in [-0.2, -0.15) is 0 Å². The van der Waals surface area contributed by atoms with Gasteiger partial charge in [0.15, 0.2) is 0 Å². The van der Waals surface area contributed by atoms with Crippen LogP contribution >= 0.6 is 0 Å². The molecule has 0 aliphatic heterocycles. The Balaban J connectivity index is 0. The summed E-state index contributed by atoms with van der Waals surface area (Å²) < 4.78 is 0. The van der Waals surface area contributed by atoms with Crippen molar-refractivity contribution in [3.63, 3.8) is 0 Å². The molecule has 2 radical (unpaired) electrons. The van der Waals surface area contributed by atoms with E-state index in [2.05, 4.69) is 0 Å². The van der Waals surface area contributed by atoms with E-state index in [0.717, 1.165) is 0 Å². The van der Waals surface area contributed by atoms with Crippen LogP contribution in [-0.2, 0) is 39.3 Å². The molecule has 0 aliphatic carbocycles. The van der Waals surface area contributed by atoms with E-state index >= 15 is 0 Å². The van der Waals surface area contributed by atoms with E-state index in [1.54, 1.807) is 0 Å². The van der Waals surface area contributed by atoms with Crippen LogP contribution in [0.15, 0.2) is 0 Å². The minimum Gasteiger partial charge on any atom is -2.00 e. The van der Waals surface area contributed by atoms with Crippen molar-refractivity contribution in [2.45, 2.75) is 0 Å². The third-order valence-corrected chi connectivity index (χ3v) is 0. The van der Waals surface area contributed by atoms with Crippen molar-refractivity contribution in [2.75, 3.05) is 0 Å². The quantitative estimate of drug-likeness (QED) is 0.370. The molecule has 0 aromatic heterocycles. The number of hydrogen-bond acceptors (Lipinski definition) is 0. The average molecular weight is 209 g/mol. The second-order valence-electron chi connectivity index (χ2n) is 0. The third kappa shape index (κ3) is 18.1. The van der Waals surface area contributed by atoms with Crippen molar-refractivity contribution >= 4 is 37.7 Å². The molecule has 5 heavy (non-hydrogen) atoms. The molecule has 0 amide bonds. The van der Waals surface area contributed by atoms with Gasteiger partial charge >= 0.3 is 123 Å². The fourth-order valence-corrected chi connectivity index (χ4v) is 0. The minimum atomic E-state index is 0. The molecule has 0 saturated carbocycles. The van der Waals surface area contributed by atoms with E-state index in [1.165, 1.54) is 0 Å². The molecule has 0 bridgehead atoms. The second-order valence-corrected chi connectivity index (χ2v) is 0. The summed E-state index contributed by atoms with van der Waals surface area (Å²) in [6.07, 6.45) is 0. The molecule has 5 heteroatoms. The summed E-state index contributed by atoms with van der Waals surface area (Å²) in [5.41, 5.74) is 0. The maximum atomic E-state index is 0. The maximum Gasteiger partial charge on any atom is 2.00 e. The van der Waals surface area contributed by atoms with Crippen LogP contribution in [0.5, 0.6) is 0 Å². The molecule has 0 aliphatic rings. The van der Waals surface area contributed by atoms with Crippen LogP contribution < -0.4 is 51.4 Å². The number of rotatable bonds is 0. The van der Waals surface area contributed by atoms with E-state index in [-0.39, 0.29) is 128 Å². The van der Waals surface area contributed by atoms with Crippen LogP contribution in [0.25, 0.3) is 0 Å². The average Bonchev–Trinajstić information content (AvgIpc) is 0. The first-order valence-corrected chi connectivity index (χ1v) is 0. The smallest absolute Gasteiger partial charge is 2.00 e. The zero-order valence-corrected chi connectivity index (χ0v) is 10.4. The largest absolute Gasteiger partial charge is 2.00 e. The van der Waals surface area contributed by atoms with Gasteiger partial charge < -0.3 is 5.48 Å². The topological polar surface area (TPSA) is 28.5 Å². The molecular weight excluding hydrogens is 209 g/mol. The predicted octanol–water partition coefficient (Wildman–Crippen LogP) is -3.50. The van der Waals surface area contributed by atoms with Crippen LogP contribution in [0.3, 0.4) is 0 Å². The first kappa shape index (κ1) is 36.6. The molecule has 0 aromatic carbocycles. The Morgan fingerprint density at radius 3 is 1.00 bits per heavy atom. The molecule has 0 spiro atoms. The Hall–Kier alpha value is 3.88. The molecule has 0 saturated heterocycles. The third-order valence-electron chi connectivity index (χ3n) is 0. The number of hydrogen-bond donors (Lipinski definition) is 0. The molecule has 0 N–H and O–H groups in total. The van der Waals surface area contributed by atoms with E-state index in [4.69, 9.17) is 0 Å². The van der Waals surface area contributed by atoms with Gasteiger partial charge in [0.2, 0.25) is 0 Å². The Morgan fingerprint density at radius 1 is 1.00 bits per heavy atom. The molecule has 0 fully saturated rings. The van der Waals surface area contributed by atoms with E-state index < -0.39 is 0 Å². The van der Waals surface area contributed by atoms with Crippen molar-refractivity contribution in [3.8, 4) is 0 Å². The molecule has 0 aromatic rings. The molecule has 0 rings (SSSR count). The van der Waals surface area contributed by atoms with Crippen molar-refractivity contribution in [3.05, 3.63) is 0 Å². The molecule has 0 heterocycles. The van der Waals surface area contributed by atoms with Gasteiger partial charge in [-0.15, -0.1) is 0 Å². The summed E-state index contributed by atoms with van der Waals surface area (Å²) in [5.74, 6) is 0. The summed E-state index contributed by atoms with van der Waals surface area (Å²) >= 11 is 0. The molecular formula is CaCoKMnO+5. The minimum absolute atomic E-state index is 0. The Labute approximate surface area is 125 Å². The normalized spacial score (nSPS) is 0. The summed E-state index contributed by atoms with van der Waals surface area (Å²) in [4.78, 5) is 0. The van der Waals surface area contributed by atoms with Crippen LogP contribution in [0.4, 0.5) is 0 Å². The second kappa shape index (κ2) is 24.8. The van der Waals surface area contributed by atoms with Crippen molar-refractivity contribution in [1.82, 2.24) is 0 Å². The maximum absolute atomic E-state index is 0. The van der Waals surface area contributed by atoms with Crippen LogP contribution in [0.1, 0.15) is 0 Å². The van der Waals surface area contributed by atoms with Gasteiger partial charge in [-0.3, -0.25) is 0 Å². The molecule has 1 nitrogen and oxygen atoms in total. The van der Waals surface area contributed by atoms with Gasteiger partial charge in [0.05, 0.1) is 0 Å². The van der Waals surface area contributed by atoms with Crippen molar-refractivity contribution in [2.24, 2.45) is 0 Å². The molecule has 0 atom stereocenters. The zero-order valence-electron chi connectivity index (χ0n) is 2.83. The van der Waals surface area contributed by atoms with Gasteiger partial charge in [0, 0.05) is 0 Å². The van der Waals surface area contributed by atoms with Gasteiger partial charge in [-0.05, 0) is 0 Å². The monoisotopic (exact) mass is 209 g/mol. The zero-order chi connectivity index (χ0) is 0. The van der Waals surface area contributed by atoms with Crippen molar-refractivity contribution < 1.29 is 90.7 Å². The fraction of sp³-hybridized carbons (Fsp3) is 0. The van der Waals surface area contributed by atoms with E-state index in [1.807, 2.05) is 0 Å². The molecule has 20 valence electrons. The molecule has 0 unspecified atom stereocenters. The van der Waals surface area contributed by atoms with Crippen LogP contribution in [0.2, 0.25) is 0 Å². The Morgan fingerprint density at radius 2 is 1.00 bits per heavy atom. The van der Waals surface area contributed by atoms with E-state index in [9.17, 15) is 0 Å². The fourth-order valence-electron chi connectivity index (χ4n) is 0. The summed E-state index contributed by atoms with van der Waals surface area (Å²) in [5, 5.41) is 0. The van der Waals surface area contributed by atoms with Crippen molar-refractivity contribution in [1.29, 1.82) is 0 Å².